The minimum atomic E-state index is -0.305. The number of fused-ring (bicyclic) bond motifs is 1. The van der Waals surface area contributed by atoms with Crippen LogP contribution >= 0.6 is 34.5 Å². The van der Waals surface area contributed by atoms with E-state index in [1.54, 1.807) is 33.4 Å². The van der Waals surface area contributed by atoms with E-state index in [4.69, 9.17) is 23.2 Å². The van der Waals surface area contributed by atoms with Crippen molar-refractivity contribution < 1.29 is 9.59 Å². The Kier molecular flexibility index (Phi) is 7.97. The van der Waals surface area contributed by atoms with E-state index in [9.17, 15) is 14.4 Å². The molecule has 0 radical (unpaired) electrons. The summed E-state index contributed by atoms with van der Waals surface area (Å²) < 4.78 is 1.81. The SMILES string of the molecule is CC(C)N(Cc1nc(C(=O)N2CCC(n3c(=O)[nH]c4ccccc43)CC2)cs1)C(=O)Nc1ccc(Cl)c(Cl)c1. The molecule has 3 heterocycles. The summed E-state index contributed by atoms with van der Waals surface area (Å²) in [5, 5.41) is 6.01. The van der Waals surface area contributed by atoms with E-state index in [0.717, 1.165) is 11.0 Å². The van der Waals surface area contributed by atoms with Gasteiger partial charge in [0, 0.05) is 36.2 Å². The molecule has 1 saturated heterocycles. The first-order valence-electron chi connectivity index (χ1n) is 12.7. The van der Waals surface area contributed by atoms with Crippen molar-refractivity contribution in [3.63, 3.8) is 0 Å². The largest absolute Gasteiger partial charge is 0.337 e. The van der Waals surface area contributed by atoms with Gasteiger partial charge in [-0.1, -0.05) is 35.3 Å². The van der Waals surface area contributed by atoms with Gasteiger partial charge in [0.2, 0.25) is 0 Å². The number of thiazole rings is 1. The van der Waals surface area contributed by atoms with Crippen molar-refractivity contribution in [1.29, 1.82) is 0 Å². The number of para-hydroxylation sites is 2. The summed E-state index contributed by atoms with van der Waals surface area (Å²) in [7, 11) is 0. The molecule has 5 rings (SSSR count). The number of nitrogens with one attached hydrogen (secondary N) is 2. The molecule has 3 amide bonds. The molecule has 2 N–H and O–H groups in total. The molecule has 204 valence electrons. The van der Waals surface area contributed by atoms with Crippen molar-refractivity contribution in [3.8, 4) is 0 Å². The zero-order chi connectivity index (χ0) is 27.7. The number of carbonyl (C=O) groups excluding carboxylic acids is 2. The van der Waals surface area contributed by atoms with Crippen LogP contribution in [0.1, 0.15) is 48.2 Å². The summed E-state index contributed by atoms with van der Waals surface area (Å²) >= 11 is 13.4. The van der Waals surface area contributed by atoms with Crippen molar-refractivity contribution in [1.82, 2.24) is 24.3 Å². The molecule has 0 atom stereocenters. The van der Waals surface area contributed by atoms with Gasteiger partial charge in [-0.2, -0.15) is 0 Å². The molecular formula is C27H28Cl2N6O3S. The number of halogens is 2. The molecule has 1 aliphatic rings. The van der Waals surface area contributed by atoms with Crippen LogP contribution < -0.4 is 11.0 Å². The molecule has 1 aliphatic heterocycles. The zero-order valence-corrected chi connectivity index (χ0v) is 23.8. The first-order chi connectivity index (χ1) is 18.7. The van der Waals surface area contributed by atoms with E-state index in [1.807, 2.05) is 42.7 Å². The van der Waals surface area contributed by atoms with E-state index in [0.29, 0.717) is 52.4 Å². The number of imidazole rings is 1. The highest BCUT2D eigenvalue weighted by atomic mass is 35.5. The van der Waals surface area contributed by atoms with Crippen LogP contribution in [0.5, 0.6) is 0 Å². The first kappa shape index (κ1) is 27.2. The van der Waals surface area contributed by atoms with Gasteiger partial charge in [0.15, 0.2) is 0 Å². The Labute approximate surface area is 239 Å². The van der Waals surface area contributed by atoms with Crippen LogP contribution in [0.15, 0.2) is 52.6 Å². The maximum absolute atomic E-state index is 13.2. The number of anilines is 1. The fraction of sp³-hybridized carbons (Fsp3) is 0.333. The molecule has 12 heteroatoms. The number of hydrogen-bond donors (Lipinski definition) is 2. The molecule has 0 saturated carbocycles. The second-order valence-electron chi connectivity index (χ2n) is 9.75. The average Bonchev–Trinajstić information content (AvgIpc) is 3.52. The Bertz CT molecular complexity index is 1570. The van der Waals surface area contributed by atoms with Crippen molar-refractivity contribution in [2.75, 3.05) is 18.4 Å². The summed E-state index contributed by atoms with van der Waals surface area (Å²) in [4.78, 5) is 49.7. The minimum absolute atomic E-state index is 0.0253. The monoisotopic (exact) mass is 586 g/mol. The summed E-state index contributed by atoms with van der Waals surface area (Å²) in [5.74, 6) is -0.140. The molecular weight excluding hydrogens is 559 g/mol. The highest BCUT2D eigenvalue weighted by Gasteiger charge is 2.28. The van der Waals surface area contributed by atoms with Crippen molar-refractivity contribution in [2.24, 2.45) is 0 Å². The Morgan fingerprint density at radius 3 is 2.62 bits per heavy atom. The normalized spacial score (nSPS) is 14.2. The maximum Gasteiger partial charge on any atom is 0.326 e. The maximum atomic E-state index is 13.2. The average molecular weight is 588 g/mol. The van der Waals surface area contributed by atoms with Gasteiger partial charge in [-0.15, -0.1) is 11.3 Å². The molecule has 9 nitrogen and oxygen atoms in total. The standard InChI is InChI=1S/C27H28Cl2N6O3S/c1-16(2)34(26(37)30-17-7-8-19(28)20(29)13-17)14-24-31-22(15-39-24)25(36)33-11-9-18(10-12-33)35-23-6-4-3-5-21(23)32-27(35)38/h3-8,13,15-16,18H,9-12,14H2,1-2H3,(H,30,37)(H,32,38). The number of hydrogen-bond acceptors (Lipinski definition) is 5. The number of piperidine rings is 1. The molecule has 0 spiro atoms. The Morgan fingerprint density at radius 1 is 1.15 bits per heavy atom. The van der Waals surface area contributed by atoms with Crippen LogP contribution in [0.25, 0.3) is 11.0 Å². The van der Waals surface area contributed by atoms with Gasteiger partial charge in [-0.3, -0.25) is 9.36 Å². The third-order valence-corrected chi connectivity index (χ3v) is 8.44. The van der Waals surface area contributed by atoms with Crippen LogP contribution in [0.3, 0.4) is 0 Å². The smallest absolute Gasteiger partial charge is 0.326 e. The summed E-state index contributed by atoms with van der Waals surface area (Å²) in [6, 6.07) is 12.2. The van der Waals surface area contributed by atoms with Gasteiger partial charge in [0.1, 0.15) is 10.7 Å². The highest BCUT2D eigenvalue weighted by Crippen LogP contribution is 2.27. The minimum Gasteiger partial charge on any atom is -0.337 e. The van der Waals surface area contributed by atoms with Gasteiger partial charge in [0.25, 0.3) is 5.91 Å². The number of rotatable bonds is 6. The fourth-order valence-electron chi connectivity index (χ4n) is 4.81. The number of benzene rings is 2. The number of aromatic amines is 1. The van der Waals surface area contributed by atoms with Crippen LogP contribution in [0.4, 0.5) is 10.5 Å². The van der Waals surface area contributed by atoms with E-state index in [1.165, 1.54) is 11.3 Å². The predicted octanol–water partition coefficient (Wildman–Crippen LogP) is 6.01. The van der Waals surface area contributed by atoms with Crippen LogP contribution in [0.2, 0.25) is 10.0 Å². The van der Waals surface area contributed by atoms with Crippen molar-refractivity contribution in [3.05, 3.63) is 79.1 Å². The molecule has 4 aromatic rings. The zero-order valence-electron chi connectivity index (χ0n) is 21.5. The lowest BCUT2D eigenvalue weighted by Crippen LogP contribution is -2.41. The lowest BCUT2D eigenvalue weighted by atomic mass is 10.0. The first-order valence-corrected chi connectivity index (χ1v) is 14.3. The van der Waals surface area contributed by atoms with E-state index < -0.39 is 0 Å². The quantitative estimate of drug-likeness (QED) is 0.288. The summed E-state index contributed by atoms with van der Waals surface area (Å²) in [5.41, 5.74) is 2.48. The summed E-state index contributed by atoms with van der Waals surface area (Å²) in [6.45, 7) is 5.15. The Balaban J connectivity index is 1.21. The van der Waals surface area contributed by atoms with E-state index in [2.05, 4.69) is 15.3 Å². The van der Waals surface area contributed by atoms with Gasteiger partial charge in [0.05, 0.1) is 27.6 Å². The molecule has 0 bridgehead atoms. The number of likely N-dealkylation sites (tertiary alicyclic amines) is 1. The Morgan fingerprint density at radius 2 is 1.90 bits per heavy atom. The molecule has 0 aliphatic carbocycles. The number of aromatic nitrogens is 3. The van der Waals surface area contributed by atoms with E-state index in [-0.39, 0.29) is 36.3 Å². The third kappa shape index (κ3) is 5.83. The lowest BCUT2D eigenvalue weighted by molar-refractivity contribution is 0.0689. The number of H-pyrrole nitrogens is 1. The van der Waals surface area contributed by atoms with Gasteiger partial charge >= 0.3 is 11.7 Å². The van der Waals surface area contributed by atoms with E-state index >= 15 is 0 Å². The van der Waals surface area contributed by atoms with Crippen molar-refractivity contribution in [2.45, 2.75) is 45.3 Å². The lowest BCUT2D eigenvalue weighted by Gasteiger charge is -2.32. The predicted molar refractivity (Wildman–Crippen MR) is 155 cm³/mol. The Hall–Kier alpha value is -3.34. The molecule has 39 heavy (non-hydrogen) atoms. The molecule has 0 unspecified atom stereocenters. The summed E-state index contributed by atoms with van der Waals surface area (Å²) in [6.07, 6.45) is 1.36. The molecule has 1 fully saturated rings. The number of nitrogens with zero attached hydrogens (tertiary/aromatic N) is 4. The van der Waals surface area contributed by atoms with Gasteiger partial charge < -0.3 is 20.1 Å². The topological polar surface area (TPSA) is 103 Å². The van der Waals surface area contributed by atoms with Crippen LogP contribution in [-0.4, -0.2) is 55.4 Å². The second kappa shape index (κ2) is 11.4. The van der Waals surface area contributed by atoms with Crippen molar-refractivity contribution >= 4 is 63.2 Å². The fourth-order valence-corrected chi connectivity index (χ4v) is 5.88. The number of carbonyl (C=O) groups is 2. The molecule has 2 aromatic heterocycles. The highest BCUT2D eigenvalue weighted by molar-refractivity contribution is 7.09. The third-order valence-electron chi connectivity index (χ3n) is 6.87. The van der Waals surface area contributed by atoms with Crippen LogP contribution in [-0.2, 0) is 6.54 Å². The molecule has 2 aromatic carbocycles. The van der Waals surface area contributed by atoms with Crippen LogP contribution in [0, 0.1) is 0 Å². The van der Waals surface area contributed by atoms with Gasteiger partial charge in [-0.25, -0.2) is 14.6 Å². The number of urea groups is 1. The second-order valence-corrected chi connectivity index (χ2v) is 11.5. The number of amides is 3. The van der Waals surface area contributed by atoms with Gasteiger partial charge in [-0.05, 0) is 57.0 Å².